The first-order chi connectivity index (χ1) is 6.63. The molecule has 0 N–H and O–H groups in total. The van der Waals surface area contributed by atoms with Gasteiger partial charge in [-0.3, -0.25) is 4.79 Å². The SMILES string of the molecule is CCCSC(=O)Sc1nc(Cl)c(Cl)s1. The number of thiazole rings is 1. The van der Waals surface area contributed by atoms with Crippen molar-refractivity contribution in [3.63, 3.8) is 0 Å². The molecular weight excluding hydrogens is 281 g/mol. The van der Waals surface area contributed by atoms with Crippen molar-refractivity contribution in [2.24, 2.45) is 0 Å². The summed E-state index contributed by atoms with van der Waals surface area (Å²) in [5.74, 6) is 0.832. The highest BCUT2D eigenvalue weighted by atomic mass is 35.5. The lowest BCUT2D eigenvalue weighted by Gasteiger charge is -1.93. The molecule has 7 heteroatoms. The van der Waals surface area contributed by atoms with E-state index in [9.17, 15) is 4.79 Å². The van der Waals surface area contributed by atoms with E-state index in [-0.39, 0.29) is 9.60 Å². The van der Waals surface area contributed by atoms with E-state index >= 15 is 0 Å². The van der Waals surface area contributed by atoms with Crippen LogP contribution >= 0.6 is 58.1 Å². The number of rotatable bonds is 3. The van der Waals surface area contributed by atoms with E-state index in [0.717, 1.165) is 23.9 Å². The van der Waals surface area contributed by atoms with Crippen LogP contribution in [0.4, 0.5) is 4.79 Å². The molecule has 2 nitrogen and oxygen atoms in total. The predicted octanol–water partition coefficient (Wildman–Crippen LogP) is 4.81. The smallest absolute Gasteiger partial charge is 0.253 e. The highest BCUT2D eigenvalue weighted by molar-refractivity contribution is 8.39. The molecule has 0 amide bonds. The van der Waals surface area contributed by atoms with Crippen molar-refractivity contribution in [2.75, 3.05) is 5.75 Å². The van der Waals surface area contributed by atoms with Crippen LogP contribution in [0.15, 0.2) is 4.34 Å². The van der Waals surface area contributed by atoms with Gasteiger partial charge < -0.3 is 0 Å². The minimum Gasteiger partial charge on any atom is -0.274 e. The van der Waals surface area contributed by atoms with Gasteiger partial charge in [0.15, 0.2) is 9.49 Å². The Morgan fingerprint density at radius 1 is 1.57 bits per heavy atom. The minimum absolute atomic E-state index is 0.0360. The number of aromatic nitrogens is 1. The van der Waals surface area contributed by atoms with Gasteiger partial charge in [-0.2, -0.15) is 0 Å². The summed E-state index contributed by atoms with van der Waals surface area (Å²) in [7, 11) is 0. The van der Waals surface area contributed by atoms with Crippen LogP contribution in [0.1, 0.15) is 13.3 Å². The second-order valence-electron chi connectivity index (χ2n) is 2.24. The Morgan fingerprint density at radius 3 is 2.79 bits per heavy atom. The topological polar surface area (TPSA) is 30.0 Å². The zero-order valence-corrected chi connectivity index (χ0v) is 11.2. The highest BCUT2D eigenvalue weighted by Gasteiger charge is 2.11. The van der Waals surface area contributed by atoms with Gasteiger partial charge in [0.25, 0.3) is 4.45 Å². The number of thioether (sulfide) groups is 2. The largest absolute Gasteiger partial charge is 0.274 e. The molecule has 0 spiro atoms. The Hall–Kier alpha value is 0.580. The molecular formula is C7H7Cl2NOS3. The van der Waals surface area contributed by atoms with Crippen LogP contribution < -0.4 is 0 Å². The lowest BCUT2D eigenvalue weighted by molar-refractivity contribution is 0.276. The lowest BCUT2D eigenvalue weighted by atomic mass is 10.6. The van der Waals surface area contributed by atoms with Gasteiger partial charge in [0.2, 0.25) is 0 Å². The van der Waals surface area contributed by atoms with Gasteiger partial charge >= 0.3 is 0 Å². The quantitative estimate of drug-likeness (QED) is 0.747. The van der Waals surface area contributed by atoms with Crippen LogP contribution in [0.5, 0.6) is 0 Å². The molecule has 0 bridgehead atoms. The van der Waals surface area contributed by atoms with Crippen molar-refractivity contribution in [3.8, 4) is 0 Å². The third kappa shape index (κ3) is 3.98. The zero-order valence-electron chi connectivity index (χ0n) is 7.25. The predicted molar refractivity (Wildman–Crippen MR) is 66.1 cm³/mol. The second-order valence-corrected chi connectivity index (χ2v) is 6.75. The Morgan fingerprint density at radius 2 is 2.29 bits per heavy atom. The van der Waals surface area contributed by atoms with Gasteiger partial charge in [-0.05, 0) is 18.2 Å². The molecule has 78 valence electrons. The van der Waals surface area contributed by atoms with Gasteiger partial charge in [-0.15, -0.1) is 0 Å². The fourth-order valence-corrected chi connectivity index (χ4v) is 3.89. The highest BCUT2D eigenvalue weighted by Crippen LogP contribution is 2.36. The first-order valence-electron chi connectivity index (χ1n) is 3.80. The van der Waals surface area contributed by atoms with Gasteiger partial charge in [0, 0.05) is 5.75 Å². The third-order valence-corrected chi connectivity index (χ3v) is 5.04. The summed E-state index contributed by atoms with van der Waals surface area (Å²) in [5.41, 5.74) is 0. The maximum atomic E-state index is 11.3. The molecule has 0 fully saturated rings. The van der Waals surface area contributed by atoms with E-state index in [1.807, 2.05) is 6.92 Å². The van der Waals surface area contributed by atoms with Crippen molar-refractivity contribution in [2.45, 2.75) is 17.7 Å². The number of nitrogens with zero attached hydrogens (tertiary/aromatic N) is 1. The summed E-state index contributed by atoms with van der Waals surface area (Å²) in [6.45, 7) is 2.03. The Bertz CT molecular complexity index is 309. The molecule has 0 saturated heterocycles. The van der Waals surface area contributed by atoms with E-state index in [0.29, 0.717) is 8.68 Å². The molecule has 0 aliphatic heterocycles. The summed E-state index contributed by atoms with van der Waals surface area (Å²) < 4.78 is 1.07. The average molecular weight is 288 g/mol. The zero-order chi connectivity index (χ0) is 10.6. The second kappa shape index (κ2) is 6.23. The van der Waals surface area contributed by atoms with Crippen molar-refractivity contribution in [3.05, 3.63) is 9.49 Å². The average Bonchev–Trinajstić information content (AvgIpc) is 2.42. The summed E-state index contributed by atoms with van der Waals surface area (Å²) in [5, 5.41) is 0.271. The number of hydrogen-bond acceptors (Lipinski definition) is 5. The molecule has 1 aromatic heterocycles. The Balaban J connectivity index is 2.48. The molecule has 0 aliphatic rings. The molecule has 0 aliphatic carbocycles. The molecule has 0 atom stereocenters. The molecule has 0 saturated carbocycles. The fourth-order valence-electron chi connectivity index (χ4n) is 0.595. The molecule has 14 heavy (non-hydrogen) atoms. The molecule has 1 heterocycles. The minimum atomic E-state index is 0.0360. The van der Waals surface area contributed by atoms with E-state index < -0.39 is 0 Å². The van der Waals surface area contributed by atoms with Gasteiger partial charge in [0.1, 0.15) is 4.34 Å². The molecule has 0 aromatic carbocycles. The monoisotopic (exact) mass is 287 g/mol. The van der Waals surface area contributed by atoms with E-state index in [1.165, 1.54) is 23.1 Å². The van der Waals surface area contributed by atoms with E-state index in [4.69, 9.17) is 23.2 Å². The Kier molecular flexibility index (Phi) is 5.62. The van der Waals surface area contributed by atoms with Crippen LogP contribution in [-0.2, 0) is 0 Å². The fraction of sp³-hybridized carbons (Fsp3) is 0.429. The number of carbonyl (C=O) groups excluding carboxylic acids is 1. The van der Waals surface area contributed by atoms with Crippen LogP contribution in [0, 0.1) is 0 Å². The molecule has 0 radical (unpaired) electrons. The van der Waals surface area contributed by atoms with Crippen molar-refractivity contribution in [1.29, 1.82) is 0 Å². The van der Waals surface area contributed by atoms with Crippen LogP contribution in [0.3, 0.4) is 0 Å². The molecule has 1 rings (SSSR count). The summed E-state index contributed by atoms with van der Waals surface area (Å²) in [6.07, 6.45) is 0.982. The molecule has 0 unspecified atom stereocenters. The first-order valence-corrected chi connectivity index (χ1v) is 7.17. The van der Waals surface area contributed by atoms with E-state index in [1.54, 1.807) is 0 Å². The van der Waals surface area contributed by atoms with Crippen LogP contribution in [0.25, 0.3) is 0 Å². The van der Waals surface area contributed by atoms with Crippen molar-refractivity contribution < 1.29 is 4.79 Å². The first kappa shape index (κ1) is 12.6. The van der Waals surface area contributed by atoms with Gasteiger partial charge in [-0.25, -0.2) is 4.98 Å². The number of hydrogen-bond donors (Lipinski definition) is 0. The van der Waals surface area contributed by atoms with Crippen LogP contribution in [0.2, 0.25) is 9.49 Å². The van der Waals surface area contributed by atoms with E-state index in [2.05, 4.69) is 4.98 Å². The standard InChI is InChI=1S/C7H7Cl2NOS3/c1-2-3-12-7(11)14-6-10-4(8)5(9)13-6/h2-3H2,1H3. The number of carbonyl (C=O) groups is 1. The van der Waals surface area contributed by atoms with Crippen LogP contribution in [-0.4, -0.2) is 15.2 Å². The maximum Gasteiger partial charge on any atom is 0.253 e. The Labute approximate surface area is 105 Å². The summed E-state index contributed by atoms with van der Waals surface area (Å²) in [4.78, 5) is 15.2. The van der Waals surface area contributed by atoms with Gasteiger partial charge in [-0.1, -0.05) is 53.2 Å². The maximum absolute atomic E-state index is 11.3. The normalized spacial score (nSPS) is 10.5. The molecule has 1 aromatic rings. The number of halogens is 2. The van der Waals surface area contributed by atoms with Gasteiger partial charge in [0.05, 0.1) is 0 Å². The summed E-state index contributed by atoms with van der Waals surface area (Å²) >= 11 is 15.0. The van der Waals surface area contributed by atoms with Crippen molar-refractivity contribution >= 4 is 62.5 Å². The summed E-state index contributed by atoms with van der Waals surface area (Å²) in [6, 6.07) is 0. The third-order valence-electron chi connectivity index (χ3n) is 1.12. The van der Waals surface area contributed by atoms with Crippen molar-refractivity contribution in [1.82, 2.24) is 4.98 Å². The lowest BCUT2D eigenvalue weighted by Crippen LogP contribution is -1.83.